The smallest absolute Gasteiger partial charge is 0.337 e. The highest BCUT2D eigenvalue weighted by Crippen LogP contribution is 2.31. The number of aromatic carboxylic acids is 1. The van der Waals surface area contributed by atoms with Gasteiger partial charge in [0.15, 0.2) is 5.69 Å². The van der Waals surface area contributed by atoms with Crippen molar-refractivity contribution in [2.24, 2.45) is 0 Å². The second-order valence-corrected chi connectivity index (χ2v) is 7.84. The van der Waals surface area contributed by atoms with E-state index in [9.17, 15) is 15.2 Å². The molecule has 0 unspecified atom stereocenters. The van der Waals surface area contributed by atoms with E-state index in [1.54, 1.807) is 24.3 Å². The molecule has 1 aromatic heterocycles. The third-order valence-corrected chi connectivity index (χ3v) is 5.37. The van der Waals surface area contributed by atoms with Gasteiger partial charge in [-0.2, -0.15) is 5.26 Å². The maximum atomic E-state index is 11.6. The average molecular weight is 422 g/mol. The summed E-state index contributed by atoms with van der Waals surface area (Å²) in [6.07, 6.45) is 0. The number of aromatic nitrogens is 2. The molecule has 32 heavy (non-hydrogen) atoms. The van der Waals surface area contributed by atoms with Gasteiger partial charge in [0.1, 0.15) is 11.8 Å². The minimum absolute atomic E-state index is 0.203. The number of hydrogen-bond donors (Lipinski definition) is 2. The Balaban J connectivity index is 1.86. The van der Waals surface area contributed by atoms with Crippen LogP contribution in [0.15, 0.2) is 60.7 Å². The van der Waals surface area contributed by atoms with E-state index in [1.807, 2.05) is 57.2 Å². The van der Waals surface area contributed by atoms with E-state index in [0.717, 1.165) is 22.3 Å². The first-order valence-electron chi connectivity index (χ1n) is 10.3. The van der Waals surface area contributed by atoms with E-state index in [-0.39, 0.29) is 17.3 Å². The molecule has 0 fully saturated rings. The molecule has 4 aromatic rings. The summed E-state index contributed by atoms with van der Waals surface area (Å²) in [4.78, 5) is 21.1. The fraction of sp³-hybridized carbons (Fsp3) is 0.154. The molecule has 1 atom stereocenters. The summed E-state index contributed by atoms with van der Waals surface area (Å²) >= 11 is 0. The number of nitrogens with one attached hydrogen (secondary N) is 1. The van der Waals surface area contributed by atoms with Gasteiger partial charge in [0, 0.05) is 16.8 Å². The van der Waals surface area contributed by atoms with Crippen molar-refractivity contribution in [3.8, 4) is 17.3 Å². The van der Waals surface area contributed by atoms with Gasteiger partial charge in [0.2, 0.25) is 0 Å². The van der Waals surface area contributed by atoms with Gasteiger partial charge in [-0.15, -0.1) is 0 Å². The molecule has 0 aliphatic heterocycles. The monoisotopic (exact) mass is 422 g/mol. The Hall–Kier alpha value is -4.24. The van der Waals surface area contributed by atoms with Gasteiger partial charge in [-0.3, -0.25) is 0 Å². The molecule has 1 heterocycles. The third-order valence-electron chi connectivity index (χ3n) is 5.37. The molecular formula is C26H22N4O2. The molecular weight excluding hydrogens is 400 g/mol. The van der Waals surface area contributed by atoms with Crippen molar-refractivity contribution >= 4 is 22.7 Å². The molecule has 0 bridgehead atoms. The van der Waals surface area contributed by atoms with Crippen molar-refractivity contribution in [3.05, 3.63) is 88.6 Å². The minimum atomic E-state index is -0.991. The van der Waals surface area contributed by atoms with Gasteiger partial charge in [-0.25, -0.2) is 14.8 Å². The Morgan fingerprint density at radius 3 is 2.44 bits per heavy atom. The normalized spacial score (nSPS) is 11.7. The Bertz CT molecular complexity index is 1370. The van der Waals surface area contributed by atoms with E-state index in [2.05, 4.69) is 16.4 Å². The van der Waals surface area contributed by atoms with Crippen LogP contribution in [0.5, 0.6) is 0 Å². The van der Waals surface area contributed by atoms with Crippen LogP contribution in [-0.4, -0.2) is 21.0 Å². The largest absolute Gasteiger partial charge is 0.478 e. The van der Waals surface area contributed by atoms with Crippen molar-refractivity contribution in [2.75, 3.05) is 5.32 Å². The molecule has 3 aromatic carbocycles. The lowest BCUT2D eigenvalue weighted by molar-refractivity contribution is 0.0698. The van der Waals surface area contributed by atoms with Crippen LogP contribution < -0.4 is 5.32 Å². The number of carboxylic acids is 1. The molecule has 158 valence electrons. The number of carbonyl (C=O) groups is 1. The van der Waals surface area contributed by atoms with Gasteiger partial charge in [0.05, 0.1) is 22.6 Å². The lowest BCUT2D eigenvalue weighted by Gasteiger charge is -2.19. The van der Waals surface area contributed by atoms with E-state index < -0.39 is 5.97 Å². The number of para-hydroxylation sites is 1. The zero-order valence-electron chi connectivity index (χ0n) is 18.0. The Labute approximate surface area is 186 Å². The van der Waals surface area contributed by atoms with Crippen LogP contribution >= 0.6 is 0 Å². The SMILES string of the molecule is Cc1ccc(-c2nc3c([C@@H](C)Nc4ccccc4C(=O)O)cc(C)cc3nc2C#N)cc1. The molecule has 0 aliphatic rings. The number of hydrogen-bond acceptors (Lipinski definition) is 5. The quantitative estimate of drug-likeness (QED) is 0.431. The minimum Gasteiger partial charge on any atom is -0.478 e. The van der Waals surface area contributed by atoms with Crippen LogP contribution in [0.25, 0.3) is 22.3 Å². The highest BCUT2D eigenvalue weighted by Gasteiger charge is 2.18. The molecule has 0 saturated carbocycles. The van der Waals surface area contributed by atoms with E-state index >= 15 is 0 Å². The van der Waals surface area contributed by atoms with Crippen molar-refractivity contribution in [3.63, 3.8) is 0 Å². The zero-order valence-corrected chi connectivity index (χ0v) is 18.0. The van der Waals surface area contributed by atoms with Crippen LogP contribution in [0.3, 0.4) is 0 Å². The number of aryl methyl sites for hydroxylation is 2. The van der Waals surface area contributed by atoms with Crippen LogP contribution in [-0.2, 0) is 0 Å². The van der Waals surface area contributed by atoms with Gasteiger partial charge in [-0.05, 0) is 44.5 Å². The maximum absolute atomic E-state index is 11.6. The summed E-state index contributed by atoms with van der Waals surface area (Å²) in [7, 11) is 0. The number of fused-ring (bicyclic) bond motifs is 1. The summed E-state index contributed by atoms with van der Waals surface area (Å²) in [6, 6.07) is 20.5. The highest BCUT2D eigenvalue weighted by atomic mass is 16.4. The van der Waals surface area contributed by atoms with Gasteiger partial charge in [0.25, 0.3) is 0 Å². The fourth-order valence-electron chi connectivity index (χ4n) is 3.76. The molecule has 6 heteroatoms. The maximum Gasteiger partial charge on any atom is 0.337 e. The van der Waals surface area contributed by atoms with E-state index in [4.69, 9.17) is 4.98 Å². The first-order chi connectivity index (χ1) is 15.4. The van der Waals surface area contributed by atoms with E-state index in [1.165, 1.54) is 0 Å². The molecule has 0 radical (unpaired) electrons. The lowest BCUT2D eigenvalue weighted by Crippen LogP contribution is -2.12. The topological polar surface area (TPSA) is 98.9 Å². The predicted molar refractivity (Wildman–Crippen MR) is 125 cm³/mol. The highest BCUT2D eigenvalue weighted by molar-refractivity contribution is 5.94. The van der Waals surface area contributed by atoms with Gasteiger partial charge >= 0.3 is 5.97 Å². The van der Waals surface area contributed by atoms with Crippen molar-refractivity contribution in [1.29, 1.82) is 5.26 Å². The van der Waals surface area contributed by atoms with Gasteiger partial charge in [-0.1, -0.05) is 48.0 Å². The number of nitrogens with zero attached hydrogens (tertiary/aromatic N) is 3. The molecule has 0 amide bonds. The summed E-state index contributed by atoms with van der Waals surface area (Å²) in [5, 5.41) is 22.5. The molecule has 6 nitrogen and oxygen atoms in total. The lowest BCUT2D eigenvalue weighted by atomic mass is 10.0. The summed E-state index contributed by atoms with van der Waals surface area (Å²) < 4.78 is 0. The van der Waals surface area contributed by atoms with Crippen molar-refractivity contribution < 1.29 is 9.90 Å². The molecule has 0 spiro atoms. The second kappa shape index (κ2) is 8.48. The van der Waals surface area contributed by atoms with Crippen LogP contribution in [0.2, 0.25) is 0 Å². The van der Waals surface area contributed by atoms with Crippen molar-refractivity contribution in [1.82, 2.24) is 9.97 Å². The summed E-state index contributed by atoms with van der Waals surface area (Å²) in [6.45, 7) is 5.92. The summed E-state index contributed by atoms with van der Waals surface area (Å²) in [5.41, 5.74) is 6.65. The average Bonchev–Trinajstić information content (AvgIpc) is 2.78. The summed E-state index contributed by atoms with van der Waals surface area (Å²) in [5.74, 6) is -0.991. The standard InChI is InChI=1S/C26H22N4O2/c1-15-8-10-18(11-9-15)24-23(14-27)29-22-13-16(2)12-20(25(22)30-24)17(3)28-21-7-5-4-6-19(21)26(31)32/h4-13,17,28H,1-3H3,(H,31,32)/t17-/m1/s1. The zero-order chi connectivity index (χ0) is 22.8. The first-order valence-corrected chi connectivity index (χ1v) is 10.3. The molecule has 4 rings (SSSR count). The van der Waals surface area contributed by atoms with Gasteiger partial charge < -0.3 is 10.4 Å². The Morgan fingerprint density at radius 2 is 1.75 bits per heavy atom. The number of nitriles is 1. The molecule has 2 N–H and O–H groups in total. The predicted octanol–water partition coefficient (Wildman–Crippen LogP) is 5.66. The van der Waals surface area contributed by atoms with Crippen LogP contribution in [0.1, 0.15) is 45.7 Å². The number of carboxylic acid groups (broad SMARTS) is 1. The Kier molecular flexibility index (Phi) is 5.57. The molecule has 0 aliphatic carbocycles. The van der Waals surface area contributed by atoms with E-state index in [0.29, 0.717) is 22.4 Å². The third kappa shape index (κ3) is 4.01. The number of anilines is 1. The second-order valence-electron chi connectivity index (χ2n) is 7.84. The first kappa shape index (κ1) is 21.0. The van der Waals surface area contributed by atoms with Crippen LogP contribution in [0, 0.1) is 25.2 Å². The van der Waals surface area contributed by atoms with Crippen LogP contribution in [0.4, 0.5) is 5.69 Å². The Morgan fingerprint density at radius 1 is 1.03 bits per heavy atom. The number of rotatable bonds is 5. The molecule has 0 saturated heterocycles. The number of benzene rings is 3. The fourth-order valence-corrected chi connectivity index (χ4v) is 3.76. The van der Waals surface area contributed by atoms with Crippen molar-refractivity contribution in [2.45, 2.75) is 26.8 Å².